The summed E-state index contributed by atoms with van der Waals surface area (Å²) in [5.74, 6) is 0.852. The van der Waals surface area contributed by atoms with Crippen molar-refractivity contribution >= 4 is 26.9 Å². The Morgan fingerprint density at radius 2 is 2.47 bits per heavy atom. The van der Waals surface area contributed by atoms with Crippen molar-refractivity contribution in [2.24, 2.45) is 4.52 Å². The molecule has 0 radical (unpaired) electrons. The van der Waals surface area contributed by atoms with Gasteiger partial charge >= 0.3 is 0 Å². The summed E-state index contributed by atoms with van der Waals surface area (Å²) < 4.78 is 14.3. The molecule has 0 spiro atoms. The van der Waals surface area contributed by atoms with Crippen LogP contribution in [-0.2, 0) is 11.1 Å². The van der Waals surface area contributed by atoms with E-state index in [1.54, 1.807) is 7.11 Å². The third-order valence-corrected chi connectivity index (χ3v) is 3.11. The van der Waals surface area contributed by atoms with Crippen LogP contribution in [0.5, 0.6) is 5.75 Å². The molecule has 4 nitrogen and oxygen atoms in total. The first-order chi connectivity index (χ1) is 7.36. The van der Waals surface area contributed by atoms with E-state index in [1.165, 1.54) is 0 Å². The fourth-order valence-electron chi connectivity index (χ4n) is 0.963. The Balaban J connectivity index is 2.30. The minimum absolute atomic E-state index is 0.252. The van der Waals surface area contributed by atoms with Crippen LogP contribution in [0.3, 0.4) is 0 Å². The Kier molecular flexibility index (Phi) is 7.00. The van der Waals surface area contributed by atoms with E-state index in [9.17, 15) is 0 Å². The lowest BCUT2D eigenvalue weighted by atomic mass is 10.2. The molecule has 0 heterocycles. The summed E-state index contributed by atoms with van der Waals surface area (Å²) in [6, 6.07) is 7.83. The third-order valence-electron chi connectivity index (χ3n) is 1.60. The van der Waals surface area contributed by atoms with Gasteiger partial charge in [-0.05, 0) is 27.1 Å². The van der Waals surface area contributed by atoms with Crippen molar-refractivity contribution in [2.75, 3.05) is 7.11 Å². The second-order valence-electron chi connectivity index (χ2n) is 2.57. The summed E-state index contributed by atoms with van der Waals surface area (Å²) in [7, 11) is 5.01. The zero-order chi connectivity index (χ0) is 10.9. The van der Waals surface area contributed by atoms with Crippen LogP contribution < -0.4 is 9.59 Å². The molecule has 0 saturated heterocycles. The minimum Gasteiger partial charge on any atom is -0.497 e. The summed E-state index contributed by atoms with van der Waals surface area (Å²) in [6.45, 7) is 0.578. The van der Waals surface area contributed by atoms with Gasteiger partial charge in [0.05, 0.1) is 31.2 Å². The van der Waals surface area contributed by atoms with Crippen molar-refractivity contribution in [1.82, 2.24) is 4.86 Å². The minimum atomic E-state index is 0.252. The molecule has 0 aromatic heterocycles. The van der Waals surface area contributed by atoms with Gasteiger partial charge in [-0.2, -0.15) is 0 Å². The van der Waals surface area contributed by atoms with E-state index in [-0.39, 0.29) is 8.96 Å². The average Bonchev–Trinajstić information content (AvgIpc) is 2.29. The SMILES string of the molecule is COc1cccc(COPNP=NP)c1. The van der Waals surface area contributed by atoms with Gasteiger partial charge in [0.2, 0.25) is 0 Å². The molecule has 2 unspecified atom stereocenters. The molecule has 1 aromatic carbocycles. The monoisotopic (exact) mass is 262 g/mol. The molecule has 82 valence electrons. The van der Waals surface area contributed by atoms with Gasteiger partial charge in [-0.15, -0.1) is 0 Å². The topological polar surface area (TPSA) is 42.9 Å². The van der Waals surface area contributed by atoms with Crippen molar-refractivity contribution in [3.05, 3.63) is 29.8 Å². The Labute approximate surface area is 95.3 Å². The van der Waals surface area contributed by atoms with Crippen molar-refractivity contribution in [2.45, 2.75) is 6.61 Å². The number of hydrogen-bond donors (Lipinski definition) is 1. The highest BCUT2D eigenvalue weighted by Crippen LogP contribution is 2.18. The third kappa shape index (κ3) is 5.51. The highest BCUT2D eigenvalue weighted by molar-refractivity contribution is 7.46. The molecule has 1 rings (SSSR count). The van der Waals surface area contributed by atoms with E-state index in [1.807, 2.05) is 24.3 Å². The first-order valence-electron chi connectivity index (χ1n) is 4.21. The molecule has 0 amide bonds. The van der Waals surface area contributed by atoms with Gasteiger partial charge in [0.1, 0.15) is 5.75 Å². The Bertz CT molecular complexity index is 323. The van der Waals surface area contributed by atoms with E-state index < -0.39 is 0 Å². The first kappa shape index (κ1) is 13.0. The summed E-state index contributed by atoms with van der Waals surface area (Å²) >= 11 is 0. The Morgan fingerprint density at radius 1 is 1.60 bits per heavy atom. The number of methoxy groups -OCH3 is 1. The van der Waals surface area contributed by atoms with Gasteiger partial charge in [-0.3, -0.25) is 0 Å². The highest BCUT2D eigenvalue weighted by atomic mass is 31.1. The van der Waals surface area contributed by atoms with Crippen LogP contribution in [0.1, 0.15) is 5.56 Å². The second kappa shape index (κ2) is 8.10. The van der Waals surface area contributed by atoms with Gasteiger partial charge < -0.3 is 9.26 Å². The fraction of sp³-hybridized carbons (Fsp3) is 0.250. The van der Waals surface area contributed by atoms with E-state index in [4.69, 9.17) is 9.26 Å². The lowest BCUT2D eigenvalue weighted by molar-refractivity contribution is 0.349. The summed E-state index contributed by atoms with van der Waals surface area (Å²) in [5.41, 5.74) is 1.10. The molecule has 1 N–H and O–H groups in total. The maximum absolute atomic E-state index is 5.41. The summed E-state index contributed by atoms with van der Waals surface area (Å²) in [4.78, 5) is 2.99. The van der Waals surface area contributed by atoms with Gasteiger partial charge in [0, 0.05) is 0 Å². The predicted octanol–water partition coefficient (Wildman–Crippen LogP) is 3.14. The van der Waals surface area contributed by atoms with E-state index in [2.05, 4.69) is 18.8 Å². The molecule has 1 aromatic rings. The molecular weight excluding hydrogens is 249 g/mol. The summed E-state index contributed by atoms with van der Waals surface area (Å²) in [6.07, 6.45) is 0. The normalized spacial score (nSPS) is 11.6. The van der Waals surface area contributed by atoms with Crippen molar-refractivity contribution < 1.29 is 9.26 Å². The van der Waals surface area contributed by atoms with E-state index >= 15 is 0 Å². The molecule has 0 aliphatic rings. The fourth-order valence-corrected chi connectivity index (χ4v) is 2.37. The molecule has 15 heavy (non-hydrogen) atoms. The van der Waals surface area contributed by atoms with Crippen molar-refractivity contribution in [3.63, 3.8) is 0 Å². The maximum atomic E-state index is 5.41. The first-order valence-corrected chi connectivity index (χ1v) is 6.48. The maximum Gasteiger partial charge on any atom is 0.119 e. The number of benzene rings is 1. The number of ether oxygens (including phenoxy) is 1. The molecule has 0 saturated carbocycles. The van der Waals surface area contributed by atoms with Crippen LogP contribution >= 0.6 is 26.9 Å². The number of hydrogen-bond acceptors (Lipinski definition) is 3. The van der Waals surface area contributed by atoms with Crippen molar-refractivity contribution in [1.29, 1.82) is 0 Å². The molecule has 0 bridgehead atoms. The van der Waals surface area contributed by atoms with Gasteiger partial charge in [0.15, 0.2) is 0 Å². The molecular formula is C8H13N2O2P3. The lowest BCUT2D eigenvalue weighted by Gasteiger charge is -2.04. The Hall–Kier alpha value is -0.100. The van der Waals surface area contributed by atoms with Crippen LogP contribution in [0, 0.1) is 0 Å². The van der Waals surface area contributed by atoms with Crippen LogP contribution in [-0.4, -0.2) is 7.11 Å². The van der Waals surface area contributed by atoms with Gasteiger partial charge in [0.25, 0.3) is 0 Å². The van der Waals surface area contributed by atoms with Crippen LogP contribution in [0.15, 0.2) is 28.8 Å². The van der Waals surface area contributed by atoms with Crippen LogP contribution in [0.2, 0.25) is 0 Å². The average molecular weight is 262 g/mol. The standard InChI is InChI=1S/C8H13N2O2P3/c1-11-8-4-2-3-7(5-8)6-12-15-10-14-9-13/h2-5,15H,6,13H2,1H3,(H,9,10). The molecule has 7 heteroatoms. The predicted molar refractivity (Wildman–Crippen MR) is 68.3 cm³/mol. The smallest absolute Gasteiger partial charge is 0.119 e. The molecule has 2 atom stereocenters. The largest absolute Gasteiger partial charge is 0.497 e. The van der Waals surface area contributed by atoms with E-state index in [0.29, 0.717) is 6.61 Å². The Morgan fingerprint density at radius 3 is 3.20 bits per heavy atom. The number of nitrogens with zero attached hydrogens (tertiary/aromatic N) is 1. The zero-order valence-corrected chi connectivity index (χ0v) is 11.4. The quantitative estimate of drug-likeness (QED) is 0.632. The zero-order valence-electron chi connectivity index (χ0n) is 8.30. The van der Waals surface area contributed by atoms with Crippen LogP contribution in [0.25, 0.3) is 0 Å². The molecule has 0 aliphatic carbocycles. The van der Waals surface area contributed by atoms with Crippen molar-refractivity contribution in [3.8, 4) is 5.75 Å². The van der Waals surface area contributed by atoms with Gasteiger partial charge in [-0.25, -0.2) is 9.37 Å². The molecule has 0 fully saturated rings. The second-order valence-corrected chi connectivity index (χ2v) is 5.08. The number of rotatable bonds is 6. The van der Waals surface area contributed by atoms with E-state index in [0.717, 1.165) is 19.8 Å². The molecule has 0 aliphatic heterocycles. The summed E-state index contributed by atoms with van der Waals surface area (Å²) in [5, 5.41) is 0. The highest BCUT2D eigenvalue weighted by Gasteiger charge is 1.95. The van der Waals surface area contributed by atoms with Crippen LogP contribution in [0.4, 0.5) is 0 Å². The number of nitrogens with one attached hydrogen (secondary N) is 1. The lowest BCUT2D eigenvalue weighted by Crippen LogP contribution is -1.89. The van der Waals surface area contributed by atoms with Gasteiger partial charge in [-0.1, -0.05) is 12.1 Å².